The molecule has 0 bridgehead atoms. The van der Waals surface area contributed by atoms with Crippen molar-refractivity contribution in [3.05, 3.63) is 64.0 Å². The second kappa shape index (κ2) is 11.6. The summed E-state index contributed by atoms with van der Waals surface area (Å²) in [6.07, 6.45) is 2.94. The Kier molecular flexibility index (Phi) is 7.99. The lowest BCUT2D eigenvalue weighted by molar-refractivity contribution is -0.384. The Morgan fingerprint density at radius 2 is 2.08 bits per heavy atom. The number of likely N-dealkylation sites (N-methyl/N-ethyl adjacent to an activating group) is 1. The van der Waals surface area contributed by atoms with E-state index in [1.54, 1.807) is 30.3 Å². The predicted octanol–water partition coefficient (Wildman–Crippen LogP) is 4.27. The molecule has 0 saturated carbocycles. The zero-order valence-electron chi connectivity index (χ0n) is 22.7. The topological polar surface area (TPSA) is 160 Å². The average Bonchev–Trinajstić information content (AvgIpc) is 3.24. The Morgan fingerprint density at radius 1 is 1.30 bits per heavy atom. The number of hydrogen-bond donors (Lipinski definition) is 2. The van der Waals surface area contributed by atoms with Crippen LogP contribution in [-0.2, 0) is 11.8 Å². The molecule has 0 aliphatic rings. The first-order chi connectivity index (χ1) is 19.2. The number of nitrogens with one attached hydrogen (secondary N) is 2. The number of alkyl carbamates (subject to hydrolysis) is 1. The molecule has 0 radical (unpaired) electrons. The summed E-state index contributed by atoms with van der Waals surface area (Å²) >= 11 is 0. The number of aromatic nitrogens is 3. The highest BCUT2D eigenvalue weighted by atomic mass is 16.6. The number of methoxy groups -OCH3 is 1. The number of carbonyl (C=O) groups excluding carboxylic acids is 1. The van der Waals surface area contributed by atoms with Gasteiger partial charge in [-0.25, -0.2) is 14.8 Å². The first-order valence-corrected chi connectivity index (χ1v) is 12.2. The summed E-state index contributed by atoms with van der Waals surface area (Å²) in [5.74, 6) is 0.510. The van der Waals surface area contributed by atoms with Crippen molar-refractivity contribution in [3.8, 4) is 23.1 Å². The van der Waals surface area contributed by atoms with Crippen molar-refractivity contribution >= 4 is 40.0 Å². The summed E-state index contributed by atoms with van der Waals surface area (Å²) in [7, 11) is 6.44. The number of nitro groups is 1. The maximum Gasteiger partial charge on any atom is 0.406 e. The lowest BCUT2D eigenvalue weighted by Gasteiger charge is -2.21. The third-order valence-corrected chi connectivity index (χ3v) is 6.36. The van der Waals surface area contributed by atoms with Gasteiger partial charge in [0.15, 0.2) is 0 Å². The van der Waals surface area contributed by atoms with Crippen LogP contribution < -0.4 is 20.3 Å². The third-order valence-electron chi connectivity index (χ3n) is 6.36. The van der Waals surface area contributed by atoms with Gasteiger partial charge in [-0.05, 0) is 30.7 Å². The van der Waals surface area contributed by atoms with Crippen LogP contribution in [0.3, 0.4) is 0 Å². The van der Waals surface area contributed by atoms with Gasteiger partial charge < -0.3 is 29.6 Å². The van der Waals surface area contributed by atoms with Gasteiger partial charge in [0.25, 0.3) is 5.69 Å². The van der Waals surface area contributed by atoms with Crippen LogP contribution in [0.15, 0.2) is 42.7 Å². The summed E-state index contributed by atoms with van der Waals surface area (Å²) in [6.45, 7) is 2.22. The van der Waals surface area contributed by atoms with E-state index in [9.17, 15) is 20.2 Å². The average molecular weight is 545 g/mol. The van der Waals surface area contributed by atoms with Crippen molar-refractivity contribution in [1.82, 2.24) is 19.9 Å². The van der Waals surface area contributed by atoms with Crippen LogP contribution in [0.4, 0.5) is 27.8 Å². The van der Waals surface area contributed by atoms with E-state index in [-0.39, 0.29) is 36.2 Å². The molecule has 13 heteroatoms. The largest absolute Gasteiger partial charge is 0.494 e. The molecule has 0 atom stereocenters. The van der Waals surface area contributed by atoms with Gasteiger partial charge >= 0.3 is 6.09 Å². The highest BCUT2D eigenvalue weighted by Gasteiger charge is 2.23. The number of ether oxygens (including phenoxy) is 2. The summed E-state index contributed by atoms with van der Waals surface area (Å²) < 4.78 is 12.4. The summed E-state index contributed by atoms with van der Waals surface area (Å²) in [5.41, 5.74) is 4.08. The van der Waals surface area contributed by atoms with Gasteiger partial charge in [-0.3, -0.25) is 10.1 Å². The summed E-state index contributed by atoms with van der Waals surface area (Å²) in [5, 5.41) is 28.0. The van der Waals surface area contributed by atoms with Crippen molar-refractivity contribution in [2.45, 2.75) is 6.92 Å². The molecular formula is C27H28N8O5. The molecule has 2 heterocycles. The quantitative estimate of drug-likeness (QED) is 0.230. The Labute approximate surface area is 230 Å². The number of carbonyl (C=O) groups is 1. The van der Waals surface area contributed by atoms with E-state index in [1.807, 2.05) is 30.8 Å². The number of anilines is 3. The van der Waals surface area contributed by atoms with Crippen molar-refractivity contribution in [1.29, 1.82) is 5.26 Å². The fourth-order valence-electron chi connectivity index (χ4n) is 4.42. The first-order valence-electron chi connectivity index (χ1n) is 12.2. The highest BCUT2D eigenvalue weighted by molar-refractivity contribution is 5.92. The molecule has 13 nitrogen and oxygen atoms in total. The van der Waals surface area contributed by atoms with Crippen LogP contribution in [-0.4, -0.2) is 59.9 Å². The van der Waals surface area contributed by atoms with Crippen LogP contribution in [0, 0.1) is 28.4 Å². The standard InChI is InChI=1S/C27H28N8O5/c1-16-15-34(4)25-18(14-28)10-17(11-19(16)25)20-6-7-30-26(31-20)32-21-12-23(35(37)38)22(13-24(21)39-5)33(3)8-9-40-27(36)29-2/h6-7,10-13,15H,8-9H2,1-5H3,(H,29,36)(H,30,31,32). The van der Waals surface area contributed by atoms with E-state index >= 15 is 0 Å². The van der Waals surface area contributed by atoms with E-state index in [0.717, 1.165) is 22.0 Å². The Morgan fingerprint density at radius 3 is 2.75 bits per heavy atom. The molecule has 0 aliphatic heterocycles. The molecule has 1 amide bonds. The normalized spacial score (nSPS) is 10.6. The zero-order valence-corrected chi connectivity index (χ0v) is 22.7. The third kappa shape index (κ3) is 5.56. The van der Waals surface area contributed by atoms with E-state index in [0.29, 0.717) is 17.0 Å². The fraction of sp³-hybridized carbons (Fsp3) is 0.259. The molecule has 206 valence electrons. The van der Waals surface area contributed by atoms with Crippen LogP contribution >= 0.6 is 0 Å². The lowest BCUT2D eigenvalue weighted by Crippen LogP contribution is -2.27. The van der Waals surface area contributed by atoms with Crippen molar-refractivity contribution < 1.29 is 19.2 Å². The van der Waals surface area contributed by atoms with Crippen LogP contribution in [0.5, 0.6) is 5.75 Å². The first kappa shape index (κ1) is 27.6. The van der Waals surface area contributed by atoms with Gasteiger partial charge in [0.05, 0.1) is 41.0 Å². The minimum absolute atomic E-state index is 0.0259. The molecule has 2 N–H and O–H groups in total. The SMILES string of the molecule is CNC(=O)OCCN(C)c1cc(OC)c(Nc2nccc(-c3cc(C#N)c4c(c3)c(C)cn4C)n2)cc1[N+](=O)[O-]. The van der Waals surface area contributed by atoms with Gasteiger partial charge in [0.1, 0.15) is 24.1 Å². The second-order valence-electron chi connectivity index (χ2n) is 8.95. The van der Waals surface area contributed by atoms with Gasteiger partial charge in [-0.15, -0.1) is 0 Å². The minimum atomic E-state index is -0.593. The molecule has 0 fully saturated rings. The number of amides is 1. The Bertz CT molecular complexity index is 1640. The van der Waals surface area contributed by atoms with Crippen molar-refractivity contribution in [2.24, 2.45) is 7.05 Å². The van der Waals surface area contributed by atoms with E-state index in [1.165, 1.54) is 26.3 Å². The lowest BCUT2D eigenvalue weighted by atomic mass is 10.0. The smallest absolute Gasteiger partial charge is 0.406 e. The second-order valence-corrected chi connectivity index (χ2v) is 8.95. The minimum Gasteiger partial charge on any atom is -0.494 e. The monoisotopic (exact) mass is 544 g/mol. The number of nitriles is 1. The maximum absolute atomic E-state index is 12.0. The molecule has 4 rings (SSSR count). The van der Waals surface area contributed by atoms with Gasteiger partial charge in [-0.2, -0.15) is 5.26 Å². The van der Waals surface area contributed by atoms with E-state index in [4.69, 9.17) is 9.47 Å². The van der Waals surface area contributed by atoms with Crippen LogP contribution in [0.2, 0.25) is 0 Å². The number of rotatable bonds is 9. The van der Waals surface area contributed by atoms with Gasteiger partial charge in [0, 0.05) is 56.6 Å². The number of nitrogens with zero attached hydrogens (tertiary/aromatic N) is 6. The Balaban J connectivity index is 1.67. The van der Waals surface area contributed by atoms with E-state index in [2.05, 4.69) is 26.7 Å². The van der Waals surface area contributed by atoms with Gasteiger partial charge in [-0.1, -0.05) is 0 Å². The predicted molar refractivity (Wildman–Crippen MR) is 150 cm³/mol. The molecule has 2 aromatic heterocycles. The maximum atomic E-state index is 12.0. The van der Waals surface area contributed by atoms with Crippen LogP contribution in [0.25, 0.3) is 22.2 Å². The zero-order chi connectivity index (χ0) is 29.0. The molecule has 4 aromatic rings. The van der Waals surface area contributed by atoms with Crippen molar-refractivity contribution in [3.63, 3.8) is 0 Å². The molecule has 0 spiro atoms. The van der Waals surface area contributed by atoms with Gasteiger partial charge in [0.2, 0.25) is 5.95 Å². The highest BCUT2D eigenvalue weighted by Crippen LogP contribution is 2.39. The molecular weight excluding hydrogens is 516 g/mol. The molecule has 0 aliphatic carbocycles. The number of nitro benzene ring substituents is 1. The molecule has 0 saturated heterocycles. The number of hydrogen-bond acceptors (Lipinski definition) is 10. The van der Waals surface area contributed by atoms with E-state index < -0.39 is 11.0 Å². The van der Waals surface area contributed by atoms with Crippen molar-refractivity contribution in [2.75, 3.05) is 44.6 Å². The van der Waals surface area contributed by atoms with Crippen LogP contribution in [0.1, 0.15) is 11.1 Å². The number of benzene rings is 2. The molecule has 0 unspecified atom stereocenters. The fourth-order valence-corrected chi connectivity index (χ4v) is 4.42. The Hall–Kier alpha value is -5.38. The molecule has 2 aromatic carbocycles. The summed E-state index contributed by atoms with van der Waals surface area (Å²) in [6, 6.07) is 10.6. The number of aryl methyl sites for hydroxylation is 2. The molecule has 40 heavy (non-hydrogen) atoms. The summed E-state index contributed by atoms with van der Waals surface area (Å²) in [4.78, 5) is 33.2. The number of fused-ring (bicyclic) bond motifs is 1.